The summed E-state index contributed by atoms with van der Waals surface area (Å²) in [7, 11) is 3.24. The first-order valence-electron chi connectivity index (χ1n) is 8.58. The predicted molar refractivity (Wildman–Crippen MR) is 94.0 cm³/mol. The predicted octanol–water partition coefficient (Wildman–Crippen LogP) is 0.127. The van der Waals surface area contributed by atoms with Crippen LogP contribution < -0.4 is 25.0 Å². The first-order valence-corrected chi connectivity index (χ1v) is 8.58. The number of quaternary nitrogens is 1. The molecule has 138 valence electrons. The summed E-state index contributed by atoms with van der Waals surface area (Å²) < 4.78 is 10.7. The fraction of sp³-hybridized carbons (Fsp3) is 0.556. The van der Waals surface area contributed by atoms with Crippen molar-refractivity contribution >= 4 is 11.9 Å². The molecule has 25 heavy (non-hydrogen) atoms. The Morgan fingerprint density at radius 3 is 2.40 bits per heavy atom. The lowest BCUT2D eigenvalue weighted by atomic mass is 9.99. The average Bonchev–Trinajstić information content (AvgIpc) is 2.58. The maximum absolute atomic E-state index is 12.1. The molecule has 0 radical (unpaired) electrons. The molecule has 2 rings (SSSR count). The van der Waals surface area contributed by atoms with E-state index in [9.17, 15) is 9.59 Å². The number of carbonyl (C=O) groups is 2. The van der Waals surface area contributed by atoms with Crippen LogP contribution >= 0.6 is 0 Å². The van der Waals surface area contributed by atoms with E-state index in [2.05, 4.69) is 10.6 Å². The second-order valence-electron chi connectivity index (χ2n) is 6.73. The molecule has 7 nitrogen and oxygen atoms in total. The number of hydrogen-bond donors (Lipinski definition) is 3. The Kier molecular flexibility index (Phi) is 6.64. The van der Waals surface area contributed by atoms with Crippen molar-refractivity contribution in [1.29, 1.82) is 0 Å². The summed E-state index contributed by atoms with van der Waals surface area (Å²) in [5.41, 5.74) is 2.37. The van der Waals surface area contributed by atoms with Gasteiger partial charge in [-0.3, -0.25) is 10.1 Å². The van der Waals surface area contributed by atoms with E-state index in [4.69, 9.17) is 9.47 Å². The summed E-state index contributed by atoms with van der Waals surface area (Å²) in [6.07, 6.45) is 0.859. The normalized spacial score (nSPS) is 16.1. The number of urea groups is 1. The molecule has 0 spiro atoms. The van der Waals surface area contributed by atoms with Crippen molar-refractivity contribution in [3.63, 3.8) is 0 Å². The average molecular weight is 350 g/mol. The van der Waals surface area contributed by atoms with E-state index in [1.165, 1.54) is 5.56 Å². The zero-order chi connectivity index (χ0) is 18.4. The molecule has 7 heteroatoms. The van der Waals surface area contributed by atoms with Crippen molar-refractivity contribution in [3.05, 3.63) is 23.3 Å². The summed E-state index contributed by atoms with van der Waals surface area (Å²) in [6, 6.07) is 3.55. The molecule has 1 heterocycles. The Bertz CT molecular complexity index is 631. The van der Waals surface area contributed by atoms with Crippen LogP contribution in [0.1, 0.15) is 25.0 Å². The van der Waals surface area contributed by atoms with Gasteiger partial charge in [-0.05, 0) is 23.6 Å². The van der Waals surface area contributed by atoms with Gasteiger partial charge in [0.1, 0.15) is 6.54 Å². The summed E-state index contributed by atoms with van der Waals surface area (Å²) in [4.78, 5) is 24.9. The fourth-order valence-electron chi connectivity index (χ4n) is 2.92. The quantitative estimate of drug-likeness (QED) is 0.681. The summed E-state index contributed by atoms with van der Waals surface area (Å²) in [5.74, 6) is 1.50. The molecule has 3 amide bonds. The highest BCUT2D eigenvalue weighted by molar-refractivity contribution is 5.94. The van der Waals surface area contributed by atoms with Gasteiger partial charge in [-0.25, -0.2) is 4.79 Å². The Morgan fingerprint density at radius 2 is 1.80 bits per heavy atom. The highest BCUT2D eigenvalue weighted by Gasteiger charge is 2.24. The molecule has 1 aliphatic rings. The third-order valence-electron chi connectivity index (χ3n) is 4.23. The number of rotatable bonds is 6. The van der Waals surface area contributed by atoms with Crippen LogP contribution in [0.15, 0.2) is 12.1 Å². The third kappa shape index (κ3) is 5.35. The van der Waals surface area contributed by atoms with Crippen LogP contribution in [-0.4, -0.2) is 45.8 Å². The lowest BCUT2D eigenvalue weighted by molar-refractivity contribution is -0.908. The second-order valence-corrected chi connectivity index (χ2v) is 6.73. The minimum atomic E-state index is -0.429. The third-order valence-corrected chi connectivity index (χ3v) is 4.23. The second kappa shape index (κ2) is 8.71. The van der Waals surface area contributed by atoms with Crippen LogP contribution in [0.25, 0.3) is 0 Å². The first-order chi connectivity index (χ1) is 11.9. The van der Waals surface area contributed by atoms with Gasteiger partial charge in [-0.15, -0.1) is 0 Å². The van der Waals surface area contributed by atoms with Gasteiger partial charge in [-0.2, -0.15) is 0 Å². The monoisotopic (exact) mass is 350 g/mol. The van der Waals surface area contributed by atoms with Gasteiger partial charge in [0.2, 0.25) is 0 Å². The summed E-state index contributed by atoms with van der Waals surface area (Å²) in [6.45, 7) is 6.37. The topological polar surface area (TPSA) is 81.1 Å². The molecular weight excluding hydrogens is 322 g/mol. The zero-order valence-electron chi connectivity index (χ0n) is 15.4. The van der Waals surface area contributed by atoms with Gasteiger partial charge in [-0.1, -0.05) is 13.8 Å². The molecule has 0 bridgehead atoms. The van der Waals surface area contributed by atoms with Crippen molar-refractivity contribution in [3.8, 4) is 11.5 Å². The van der Waals surface area contributed by atoms with E-state index in [1.807, 2.05) is 26.0 Å². The fourth-order valence-corrected chi connectivity index (χ4v) is 2.92. The van der Waals surface area contributed by atoms with E-state index in [1.54, 1.807) is 14.2 Å². The minimum absolute atomic E-state index is 0.264. The maximum Gasteiger partial charge on any atom is 0.321 e. The molecule has 0 aliphatic carbocycles. The van der Waals surface area contributed by atoms with Gasteiger partial charge < -0.3 is 19.7 Å². The smallest absolute Gasteiger partial charge is 0.321 e. The molecule has 1 aromatic rings. The van der Waals surface area contributed by atoms with Crippen LogP contribution in [0.2, 0.25) is 0 Å². The first kappa shape index (κ1) is 19.1. The molecule has 0 fully saturated rings. The van der Waals surface area contributed by atoms with Crippen LogP contribution in [0, 0.1) is 5.92 Å². The number of benzene rings is 1. The Hall–Kier alpha value is -2.28. The van der Waals surface area contributed by atoms with E-state index >= 15 is 0 Å². The van der Waals surface area contributed by atoms with Crippen LogP contribution in [0.5, 0.6) is 11.5 Å². The molecule has 0 saturated carbocycles. The molecule has 1 atom stereocenters. The lowest BCUT2D eigenvalue weighted by Gasteiger charge is -2.26. The highest BCUT2D eigenvalue weighted by Crippen LogP contribution is 2.31. The number of nitrogens with one attached hydrogen (secondary N) is 3. The number of methoxy groups -OCH3 is 2. The molecule has 1 aromatic carbocycles. The largest absolute Gasteiger partial charge is 0.493 e. The standard InChI is InChI=1S/C18H27N3O4/c1-12(2)9-19-18(23)20-17(22)11-21-6-5-13-7-15(24-3)16(25-4)8-14(13)10-21/h7-8,12H,5-6,9-11H2,1-4H3,(H2,19,20,22,23)/p+1. The summed E-state index contributed by atoms with van der Waals surface area (Å²) >= 11 is 0. The zero-order valence-corrected chi connectivity index (χ0v) is 15.4. The molecule has 1 unspecified atom stereocenters. The summed E-state index contributed by atoms with van der Waals surface area (Å²) in [5, 5.41) is 5.08. The Morgan fingerprint density at radius 1 is 1.16 bits per heavy atom. The van der Waals surface area contributed by atoms with Crippen molar-refractivity contribution in [2.24, 2.45) is 5.92 Å². The molecule has 3 N–H and O–H groups in total. The van der Waals surface area contributed by atoms with Crippen LogP contribution in [0.4, 0.5) is 4.79 Å². The highest BCUT2D eigenvalue weighted by atomic mass is 16.5. The van der Waals surface area contributed by atoms with E-state index < -0.39 is 6.03 Å². The Balaban J connectivity index is 1.92. The lowest BCUT2D eigenvalue weighted by Crippen LogP contribution is -3.13. The minimum Gasteiger partial charge on any atom is -0.493 e. The number of fused-ring (bicyclic) bond motifs is 1. The van der Waals surface area contributed by atoms with Gasteiger partial charge in [0.25, 0.3) is 5.91 Å². The van der Waals surface area contributed by atoms with Gasteiger partial charge in [0.05, 0.1) is 20.8 Å². The van der Waals surface area contributed by atoms with Crippen LogP contribution in [-0.2, 0) is 17.8 Å². The van der Waals surface area contributed by atoms with E-state index in [0.29, 0.717) is 18.2 Å². The molecule has 0 saturated heterocycles. The number of hydrogen-bond acceptors (Lipinski definition) is 4. The Labute approximate surface area is 148 Å². The number of ether oxygens (including phenoxy) is 2. The van der Waals surface area contributed by atoms with Crippen molar-refractivity contribution in [2.75, 3.05) is 33.9 Å². The van der Waals surface area contributed by atoms with Gasteiger partial charge in [0.15, 0.2) is 18.0 Å². The van der Waals surface area contributed by atoms with Crippen molar-refractivity contribution in [1.82, 2.24) is 10.6 Å². The van der Waals surface area contributed by atoms with Crippen molar-refractivity contribution in [2.45, 2.75) is 26.8 Å². The number of imide groups is 1. The van der Waals surface area contributed by atoms with Gasteiger partial charge in [0, 0.05) is 18.5 Å². The van der Waals surface area contributed by atoms with E-state index in [0.717, 1.165) is 35.7 Å². The number of amides is 3. The van der Waals surface area contributed by atoms with Crippen LogP contribution in [0.3, 0.4) is 0 Å². The van der Waals surface area contributed by atoms with Crippen molar-refractivity contribution < 1.29 is 24.0 Å². The van der Waals surface area contributed by atoms with Gasteiger partial charge >= 0.3 is 6.03 Å². The molecule has 1 aliphatic heterocycles. The maximum atomic E-state index is 12.1. The SMILES string of the molecule is COc1cc2c(cc1OC)C[NH+](CC(=O)NC(=O)NCC(C)C)CC2. The number of carbonyl (C=O) groups excluding carboxylic acids is 2. The van der Waals surface area contributed by atoms with E-state index in [-0.39, 0.29) is 12.5 Å². The molecule has 0 aromatic heterocycles. The molecular formula is C18H28N3O4+.